The van der Waals surface area contributed by atoms with Crippen molar-refractivity contribution in [1.82, 2.24) is 15.0 Å². The fraction of sp³-hybridized carbons (Fsp3) is 0.412. The van der Waals surface area contributed by atoms with Crippen molar-refractivity contribution < 1.29 is 0 Å². The maximum Gasteiger partial charge on any atom is 0.173 e. The van der Waals surface area contributed by atoms with Gasteiger partial charge in [0.25, 0.3) is 0 Å². The maximum absolute atomic E-state index is 4.68. The molecule has 0 bridgehead atoms. The summed E-state index contributed by atoms with van der Waals surface area (Å²) in [5, 5.41) is 0. The Balaban J connectivity index is 2.52. The number of hydrogen-bond donors (Lipinski definition) is 0. The van der Waals surface area contributed by atoms with E-state index in [1.54, 1.807) is 6.21 Å². The smallest absolute Gasteiger partial charge is 0.173 e. The number of benzene rings is 1. The molecule has 0 spiro atoms. The quantitative estimate of drug-likeness (QED) is 0.790. The van der Waals surface area contributed by atoms with E-state index in [4.69, 9.17) is 0 Å². The van der Waals surface area contributed by atoms with Gasteiger partial charge in [0.1, 0.15) is 12.7 Å². The van der Waals surface area contributed by atoms with Crippen molar-refractivity contribution in [2.45, 2.75) is 46.5 Å². The van der Waals surface area contributed by atoms with Gasteiger partial charge in [-0.15, -0.1) is 0 Å². The molecule has 0 N–H and O–H groups in total. The lowest BCUT2D eigenvalue weighted by molar-refractivity contribution is 0.832. The van der Waals surface area contributed by atoms with Crippen LogP contribution in [0.5, 0.6) is 0 Å². The summed E-state index contributed by atoms with van der Waals surface area (Å²) in [6.07, 6.45) is 4.68. The lowest BCUT2D eigenvalue weighted by Crippen LogP contribution is -1.98. The Hall–Kier alpha value is -2.10. The monoisotopic (exact) mass is 282 g/mol. The molecule has 0 unspecified atom stereocenters. The van der Waals surface area contributed by atoms with Crippen LogP contribution in [0.3, 0.4) is 0 Å². The molecule has 0 aliphatic heterocycles. The van der Waals surface area contributed by atoms with E-state index in [-0.39, 0.29) is 0 Å². The first-order valence-electron chi connectivity index (χ1n) is 7.29. The highest BCUT2D eigenvalue weighted by Crippen LogP contribution is 2.35. The summed E-state index contributed by atoms with van der Waals surface area (Å²) in [5.41, 5.74) is 4.86. The van der Waals surface area contributed by atoms with Crippen molar-refractivity contribution in [2.24, 2.45) is 4.99 Å². The first-order valence-corrected chi connectivity index (χ1v) is 7.29. The minimum Gasteiger partial charge on any atom is -0.252 e. The Morgan fingerprint density at radius 2 is 1.48 bits per heavy atom. The van der Waals surface area contributed by atoms with E-state index >= 15 is 0 Å². The molecular formula is C17H22N4. The molecule has 0 amide bonds. The van der Waals surface area contributed by atoms with Gasteiger partial charge in [0, 0.05) is 0 Å². The second-order valence-corrected chi connectivity index (χ2v) is 5.86. The molecule has 4 heteroatoms. The van der Waals surface area contributed by atoms with Crippen LogP contribution < -0.4 is 0 Å². The number of rotatable bonds is 4. The average Bonchev–Trinajstić information content (AvgIpc) is 2.46. The number of aliphatic imine (C=N–C) groups is 1. The van der Waals surface area contributed by atoms with Gasteiger partial charge >= 0.3 is 0 Å². The molecule has 0 fully saturated rings. The third kappa shape index (κ3) is 3.72. The van der Waals surface area contributed by atoms with Crippen LogP contribution in [-0.2, 0) is 0 Å². The zero-order chi connectivity index (χ0) is 15.4. The van der Waals surface area contributed by atoms with Gasteiger partial charge in [-0.2, -0.15) is 0 Å². The van der Waals surface area contributed by atoms with E-state index in [1.165, 1.54) is 29.3 Å². The molecule has 0 aliphatic rings. The summed E-state index contributed by atoms with van der Waals surface area (Å²) < 4.78 is 0. The van der Waals surface area contributed by atoms with Gasteiger partial charge in [0.05, 0.1) is 11.9 Å². The van der Waals surface area contributed by atoms with Gasteiger partial charge in [-0.25, -0.2) is 15.0 Å². The van der Waals surface area contributed by atoms with Crippen molar-refractivity contribution in [3.05, 3.63) is 47.3 Å². The standard InChI is InChI=1S/C17H22N4/c1-11(2)14-6-13(5)7-15(12(3)4)17(14)19-8-16-20-9-18-10-21-16/h6-12H,1-5H3. The van der Waals surface area contributed by atoms with E-state index in [2.05, 4.69) is 66.7 Å². The van der Waals surface area contributed by atoms with E-state index in [1.807, 2.05) is 0 Å². The van der Waals surface area contributed by atoms with Crippen LogP contribution in [0.1, 0.15) is 62.0 Å². The van der Waals surface area contributed by atoms with Crippen LogP contribution in [0.25, 0.3) is 0 Å². The predicted molar refractivity (Wildman–Crippen MR) is 86.4 cm³/mol. The molecule has 1 heterocycles. The van der Waals surface area contributed by atoms with Crippen molar-refractivity contribution in [2.75, 3.05) is 0 Å². The normalized spacial score (nSPS) is 11.8. The molecule has 110 valence electrons. The molecule has 0 atom stereocenters. The molecule has 0 radical (unpaired) electrons. The van der Waals surface area contributed by atoms with Gasteiger partial charge < -0.3 is 0 Å². The first-order chi connectivity index (χ1) is 9.99. The Labute approximate surface area is 126 Å². The molecule has 0 saturated heterocycles. The fourth-order valence-corrected chi connectivity index (χ4v) is 2.30. The highest BCUT2D eigenvalue weighted by atomic mass is 15.0. The maximum atomic E-state index is 4.68. The fourth-order valence-electron chi connectivity index (χ4n) is 2.30. The Kier molecular flexibility index (Phi) is 4.78. The van der Waals surface area contributed by atoms with Gasteiger partial charge in [0.15, 0.2) is 5.82 Å². The highest BCUT2D eigenvalue weighted by molar-refractivity contribution is 5.78. The minimum absolute atomic E-state index is 0.424. The minimum atomic E-state index is 0.424. The number of aryl methyl sites for hydroxylation is 1. The predicted octanol–water partition coefficient (Wildman–Crippen LogP) is 4.18. The zero-order valence-electron chi connectivity index (χ0n) is 13.3. The third-order valence-corrected chi connectivity index (χ3v) is 3.38. The van der Waals surface area contributed by atoms with Crippen molar-refractivity contribution in [3.8, 4) is 0 Å². The lowest BCUT2D eigenvalue weighted by Gasteiger charge is -2.17. The molecular weight excluding hydrogens is 260 g/mol. The SMILES string of the molecule is Cc1cc(C(C)C)c(N=Cc2ncncn2)c(C(C)C)c1. The number of hydrogen-bond acceptors (Lipinski definition) is 4. The van der Waals surface area contributed by atoms with Crippen LogP contribution >= 0.6 is 0 Å². The summed E-state index contributed by atoms with van der Waals surface area (Å²) in [5.74, 6) is 1.43. The molecule has 4 nitrogen and oxygen atoms in total. The average molecular weight is 282 g/mol. The van der Waals surface area contributed by atoms with E-state index in [9.17, 15) is 0 Å². The van der Waals surface area contributed by atoms with Gasteiger partial charge in [-0.3, -0.25) is 4.99 Å². The van der Waals surface area contributed by atoms with Gasteiger partial charge in [-0.1, -0.05) is 45.4 Å². The molecule has 1 aromatic carbocycles. The van der Waals surface area contributed by atoms with Crippen LogP contribution in [0.15, 0.2) is 29.8 Å². The van der Waals surface area contributed by atoms with E-state index in [0.29, 0.717) is 17.7 Å². The third-order valence-electron chi connectivity index (χ3n) is 3.38. The molecule has 2 aromatic rings. The second kappa shape index (κ2) is 6.57. The van der Waals surface area contributed by atoms with Crippen molar-refractivity contribution in [3.63, 3.8) is 0 Å². The summed E-state index contributed by atoms with van der Waals surface area (Å²) in [7, 11) is 0. The summed E-state index contributed by atoms with van der Waals surface area (Å²) in [4.78, 5) is 16.7. The summed E-state index contributed by atoms with van der Waals surface area (Å²) in [6.45, 7) is 10.9. The molecule has 1 aromatic heterocycles. The van der Waals surface area contributed by atoms with E-state index < -0.39 is 0 Å². The topological polar surface area (TPSA) is 51.0 Å². The highest BCUT2D eigenvalue weighted by Gasteiger charge is 2.14. The van der Waals surface area contributed by atoms with Crippen LogP contribution in [0, 0.1) is 6.92 Å². The van der Waals surface area contributed by atoms with Crippen molar-refractivity contribution in [1.29, 1.82) is 0 Å². The second-order valence-electron chi connectivity index (χ2n) is 5.86. The summed E-state index contributed by atoms with van der Waals surface area (Å²) >= 11 is 0. The Morgan fingerprint density at radius 3 is 1.95 bits per heavy atom. The van der Waals surface area contributed by atoms with Crippen LogP contribution in [-0.4, -0.2) is 21.2 Å². The first kappa shape index (κ1) is 15.3. The van der Waals surface area contributed by atoms with Gasteiger partial charge in [-0.05, 0) is 29.9 Å². The van der Waals surface area contributed by atoms with Gasteiger partial charge in [0.2, 0.25) is 0 Å². The Bertz CT molecular complexity index is 601. The number of nitrogens with zero attached hydrogens (tertiary/aromatic N) is 4. The molecule has 0 saturated carbocycles. The summed E-state index contributed by atoms with van der Waals surface area (Å²) in [6, 6.07) is 4.44. The lowest BCUT2D eigenvalue weighted by atomic mass is 9.91. The Morgan fingerprint density at radius 1 is 0.952 bits per heavy atom. The van der Waals surface area contributed by atoms with Crippen LogP contribution in [0.2, 0.25) is 0 Å². The number of aromatic nitrogens is 3. The largest absolute Gasteiger partial charge is 0.252 e. The van der Waals surface area contributed by atoms with Crippen LogP contribution in [0.4, 0.5) is 5.69 Å². The molecule has 2 rings (SSSR count). The van der Waals surface area contributed by atoms with E-state index in [0.717, 1.165) is 5.69 Å². The zero-order valence-corrected chi connectivity index (χ0v) is 13.3. The molecule has 21 heavy (non-hydrogen) atoms. The van der Waals surface area contributed by atoms with Crippen molar-refractivity contribution >= 4 is 11.9 Å². The molecule has 0 aliphatic carbocycles.